The van der Waals surface area contributed by atoms with Gasteiger partial charge in [0.15, 0.2) is 5.16 Å². The first kappa shape index (κ1) is 17.1. The molecule has 1 amide bonds. The number of imidazole rings is 1. The maximum Gasteiger partial charge on any atom is 0.232 e. The highest BCUT2D eigenvalue weighted by Crippen LogP contribution is 2.22. The molecule has 0 unspecified atom stereocenters. The number of carbonyl (C=O) groups excluding carboxylic acids is 1. The molecule has 0 saturated heterocycles. The Morgan fingerprint density at radius 2 is 2.04 bits per heavy atom. The number of benzene rings is 1. The Kier molecular flexibility index (Phi) is 5.83. The minimum absolute atomic E-state index is 0.000206. The number of aryl methyl sites for hydroxylation is 2. The summed E-state index contributed by atoms with van der Waals surface area (Å²) in [5.74, 6) is 0.309. The van der Waals surface area contributed by atoms with Crippen molar-refractivity contribution in [2.45, 2.75) is 25.4 Å². The number of hydrogen-bond donors (Lipinski definition) is 0. The molecule has 0 aliphatic rings. The van der Waals surface area contributed by atoms with Crippen molar-refractivity contribution in [2.75, 3.05) is 19.3 Å². The summed E-state index contributed by atoms with van der Waals surface area (Å²) < 4.78 is 1.99. The first-order valence-corrected chi connectivity index (χ1v) is 8.35. The van der Waals surface area contributed by atoms with E-state index in [0.29, 0.717) is 18.7 Å². The van der Waals surface area contributed by atoms with Crippen molar-refractivity contribution in [2.24, 2.45) is 0 Å². The topological polar surface area (TPSA) is 61.9 Å². The van der Waals surface area contributed by atoms with Gasteiger partial charge in [-0.05, 0) is 37.1 Å². The molecule has 1 aromatic heterocycles. The van der Waals surface area contributed by atoms with Gasteiger partial charge in [0, 0.05) is 31.7 Å². The Morgan fingerprint density at radius 1 is 1.35 bits per heavy atom. The van der Waals surface area contributed by atoms with Gasteiger partial charge in [-0.15, -0.1) is 0 Å². The van der Waals surface area contributed by atoms with E-state index < -0.39 is 0 Å². The number of carbonyl (C=O) groups is 1. The third-order valence-electron chi connectivity index (χ3n) is 3.40. The highest BCUT2D eigenvalue weighted by atomic mass is 32.2. The number of thioether (sulfide) groups is 1. The lowest BCUT2D eigenvalue weighted by Crippen LogP contribution is -2.29. The van der Waals surface area contributed by atoms with Crippen LogP contribution in [0.25, 0.3) is 5.69 Å². The third kappa shape index (κ3) is 4.60. The zero-order valence-electron chi connectivity index (χ0n) is 13.6. The quantitative estimate of drug-likeness (QED) is 0.765. The molecule has 5 nitrogen and oxygen atoms in total. The molecule has 0 saturated carbocycles. The van der Waals surface area contributed by atoms with Crippen LogP contribution in [0.5, 0.6) is 0 Å². The summed E-state index contributed by atoms with van der Waals surface area (Å²) in [4.78, 5) is 18.0. The van der Waals surface area contributed by atoms with E-state index in [1.165, 1.54) is 22.9 Å². The molecule has 0 aliphatic heterocycles. The van der Waals surface area contributed by atoms with Crippen LogP contribution in [0.4, 0.5) is 0 Å². The molecule has 0 spiro atoms. The number of amides is 1. The number of nitrogens with zero attached hydrogens (tertiary/aromatic N) is 4. The van der Waals surface area contributed by atoms with Crippen molar-refractivity contribution in [3.63, 3.8) is 0 Å². The average molecular weight is 328 g/mol. The number of hydrogen-bond acceptors (Lipinski definition) is 4. The smallest absolute Gasteiger partial charge is 0.232 e. The summed E-state index contributed by atoms with van der Waals surface area (Å²) in [6, 6.07) is 8.37. The highest BCUT2D eigenvalue weighted by Gasteiger charge is 2.12. The predicted molar refractivity (Wildman–Crippen MR) is 91.6 cm³/mol. The van der Waals surface area contributed by atoms with Crippen molar-refractivity contribution < 1.29 is 4.79 Å². The van der Waals surface area contributed by atoms with Gasteiger partial charge >= 0.3 is 0 Å². The van der Waals surface area contributed by atoms with Crippen LogP contribution in [-0.2, 0) is 4.79 Å². The van der Waals surface area contributed by atoms with Crippen molar-refractivity contribution in [1.29, 1.82) is 5.26 Å². The molecular weight excluding hydrogens is 308 g/mol. The second kappa shape index (κ2) is 7.84. The van der Waals surface area contributed by atoms with Gasteiger partial charge in [-0.3, -0.25) is 9.36 Å². The molecule has 0 atom stereocenters. The third-order valence-corrected chi connectivity index (χ3v) is 4.35. The van der Waals surface area contributed by atoms with Crippen LogP contribution in [0.2, 0.25) is 0 Å². The molecular formula is C17H20N4OS. The summed E-state index contributed by atoms with van der Waals surface area (Å²) in [5, 5.41) is 9.37. The molecule has 2 rings (SSSR count). The monoisotopic (exact) mass is 328 g/mol. The SMILES string of the molecule is Cc1cc(C)cc(-n2ccnc2SCC(=O)N(C)CCC#N)c1. The molecule has 2 aromatic rings. The lowest BCUT2D eigenvalue weighted by atomic mass is 10.1. The van der Waals surface area contributed by atoms with Gasteiger partial charge in [0.25, 0.3) is 0 Å². The summed E-state index contributed by atoms with van der Waals surface area (Å²) in [7, 11) is 1.72. The standard InChI is InChI=1S/C17H20N4OS/c1-13-9-14(2)11-15(10-13)21-8-6-19-17(21)23-12-16(22)20(3)7-4-5-18/h6,8-11H,4,7,12H2,1-3H3. The number of rotatable bonds is 6. The Bertz CT molecular complexity index is 712. The van der Waals surface area contributed by atoms with Gasteiger partial charge in [0.05, 0.1) is 18.2 Å². The van der Waals surface area contributed by atoms with E-state index in [2.05, 4.69) is 37.0 Å². The van der Waals surface area contributed by atoms with Crippen LogP contribution in [0.3, 0.4) is 0 Å². The second-order valence-electron chi connectivity index (χ2n) is 5.44. The minimum Gasteiger partial charge on any atom is -0.344 e. The first-order valence-electron chi connectivity index (χ1n) is 7.37. The summed E-state index contributed by atoms with van der Waals surface area (Å²) in [5.41, 5.74) is 3.43. The van der Waals surface area contributed by atoms with Gasteiger partial charge < -0.3 is 4.90 Å². The van der Waals surface area contributed by atoms with E-state index in [1.54, 1.807) is 18.1 Å². The molecule has 0 N–H and O–H groups in total. The Morgan fingerprint density at radius 3 is 2.70 bits per heavy atom. The summed E-state index contributed by atoms with van der Waals surface area (Å²) in [6.45, 7) is 4.59. The molecule has 0 radical (unpaired) electrons. The normalized spacial score (nSPS) is 10.3. The van der Waals surface area contributed by atoms with Crippen LogP contribution < -0.4 is 0 Å². The molecule has 1 heterocycles. The Labute approximate surface area is 140 Å². The van der Waals surface area contributed by atoms with Crippen LogP contribution in [-0.4, -0.2) is 39.7 Å². The fourth-order valence-electron chi connectivity index (χ4n) is 2.26. The molecule has 0 aliphatic carbocycles. The number of nitriles is 1. The van der Waals surface area contributed by atoms with Crippen molar-refractivity contribution in [3.8, 4) is 11.8 Å². The predicted octanol–water partition coefficient (Wildman–Crippen LogP) is 2.95. The first-order chi connectivity index (χ1) is 11.0. The lowest BCUT2D eigenvalue weighted by molar-refractivity contribution is -0.127. The van der Waals surface area contributed by atoms with Crippen molar-refractivity contribution in [3.05, 3.63) is 41.7 Å². The molecule has 1 aromatic carbocycles. The van der Waals surface area contributed by atoms with E-state index in [1.807, 2.05) is 16.8 Å². The van der Waals surface area contributed by atoms with E-state index >= 15 is 0 Å². The van der Waals surface area contributed by atoms with Crippen LogP contribution in [0.1, 0.15) is 17.5 Å². The maximum atomic E-state index is 12.1. The Balaban J connectivity index is 2.07. The molecule has 0 bridgehead atoms. The summed E-state index contributed by atoms with van der Waals surface area (Å²) in [6.07, 6.45) is 3.99. The van der Waals surface area contributed by atoms with Gasteiger partial charge in [-0.2, -0.15) is 5.26 Å². The molecule has 120 valence electrons. The molecule has 23 heavy (non-hydrogen) atoms. The van der Waals surface area contributed by atoms with Gasteiger partial charge in [0.2, 0.25) is 5.91 Å². The van der Waals surface area contributed by atoms with E-state index in [0.717, 1.165) is 10.8 Å². The molecule has 6 heteroatoms. The van der Waals surface area contributed by atoms with Crippen molar-refractivity contribution >= 4 is 17.7 Å². The van der Waals surface area contributed by atoms with Gasteiger partial charge in [-0.1, -0.05) is 17.8 Å². The molecule has 0 fully saturated rings. The number of aromatic nitrogens is 2. The lowest BCUT2D eigenvalue weighted by Gasteiger charge is -2.15. The minimum atomic E-state index is 0.000206. The van der Waals surface area contributed by atoms with Crippen LogP contribution in [0, 0.1) is 25.2 Å². The fourth-order valence-corrected chi connectivity index (χ4v) is 3.18. The van der Waals surface area contributed by atoms with E-state index in [4.69, 9.17) is 5.26 Å². The Hall–Kier alpha value is -2.26. The second-order valence-corrected chi connectivity index (χ2v) is 6.38. The maximum absolute atomic E-state index is 12.1. The largest absolute Gasteiger partial charge is 0.344 e. The van der Waals surface area contributed by atoms with E-state index in [9.17, 15) is 4.79 Å². The summed E-state index contributed by atoms with van der Waals surface area (Å²) >= 11 is 1.41. The average Bonchev–Trinajstić information content (AvgIpc) is 2.97. The van der Waals surface area contributed by atoms with E-state index in [-0.39, 0.29) is 5.91 Å². The zero-order valence-corrected chi connectivity index (χ0v) is 14.4. The highest BCUT2D eigenvalue weighted by molar-refractivity contribution is 7.99. The van der Waals surface area contributed by atoms with Crippen LogP contribution in [0.15, 0.2) is 35.7 Å². The van der Waals surface area contributed by atoms with Crippen molar-refractivity contribution in [1.82, 2.24) is 14.5 Å². The van der Waals surface area contributed by atoms with Gasteiger partial charge in [0.1, 0.15) is 0 Å². The van der Waals surface area contributed by atoms with Gasteiger partial charge in [-0.25, -0.2) is 4.98 Å². The zero-order chi connectivity index (χ0) is 16.8. The van der Waals surface area contributed by atoms with Crippen LogP contribution >= 0.6 is 11.8 Å². The fraction of sp³-hybridized carbons (Fsp3) is 0.353.